The van der Waals surface area contributed by atoms with Gasteiger partial charge in [-0.2, -0.15) is 0 Å². The maximum atomic E-state index is 9.15. The molecule has 0 amide bonds. The molecule has 1 rings (SSSR count). The summed E-state index contributed by atoms with van der Waals surface area (Å²) >= 11 is 0. The Morgan fingerprint density at radius 3 is 2.82 bits per heavy atom. The van der Waals surface area contributed by atoms with Crippen LogP contribution >= 0.6 is 0 Å². The van der Waals surface area contributed by atoms with Gasteiger partial charge >= 0.3 is 0 Å². The Morgan fingerprint density at radius 2 is 2.27 bits per heavy atom. The van der Waals surface area contributed by atoms with E-state index in [-0.39, 0.29) is 5.75 Å². The zero-order chi connectivity index (χ0) is 8.27. The molecular weight excluding hydrogens is 142 g/mol. The van der Waals surface area contributed by atoms with Crippen molar-refractivity contribution in [3.05, 3.63) is 23.8 Å². The van der Waals surface area contributed by atoms with Crippen molar-refractivity contribution in [3.63, 3.8) is 0 Å². The van der Waals surface area contributed by atoms with E-state index in [9.17, 15) is 0 Å². The molecule has 0 fully saturated rings. The molecule has 1 aromatic carbocycles. The first-order valence-corrected chi connectivity index (χ1v) is 3.30. The third kappa shape index (κ3) is 1.85. The molecule has 3 N–H and O–H groups in total. The van der Waals surface area contributed by atoms with Gasteiger partial charge in [0.2, 0.25) is 0 Å². The van der Waals surface area contributed by atoms with Gasteiger partial charge in [0.15, 0.2) is 0 Å². The quantitative estimate of drug-likeness (QED) is 0.494. The van der Waals surface area contributed by atoms with E-state index >= 15 is 0 Å². The number of methoxy groups -OCH3 is 1. The number of aromatic hydroxyl groups is 1. The minimum atomic E-state index is 0.111. The molecule has 0 bridgehead atoms. The van der Waals surface area contributed by atoms with E-state index < -0.39 is 0 Å². The van der Waals surface area contributed by atoms with Gasteiger partial charge in [-0.3, -0.25) is 0 Å². The topological polar surface area (TPSA) is 55.5 Å². The summed E-state index contributed by atoms with van der Waals surface area (Å²) in [4.78, 5) is 0. The third-order valence-electron chi connectivity index (χ3n) is 1.41. The van der Waals surface area contributed by atoms with Gasteiger partial charge in [0.05, 0.1) is 12.3 Å². The monoisotopic (exact) mass is 153 g/mol. The molecule has 0 radical (unpaired) electrons. The maximum absolute atomic E-state index is 9.15. The number of phenolic OH excluding ortho intramolecular Hbond substituents is 1. The Labute approximate surface area is 65.4 Å². The molecule has 0 saturated heterocycles. The van der Waals surface area contributed by atoms with Crippen molar-refractivity contribution >= 4 is 5.69 Å². The molecular formula is C8H11NO2. The second-order valence-corrected chi connectivity index (χ2v) is 2.33. The Balaban J connectivity index is 2.86. The minimum absolute atomic E-state index is 0.111. The molecule has 60 valence electrons. The number of anilines is 1. The highest BCUT2D eigenvalue weighted by molar-refractivity contribution is 5.52. The first-order chi connectivity index (χ1) is 5.24. The van der Waals surface area contributed by atoms with Gasteiger partial charge in [-0.05, 0) is 17.7 Å². The van der Waals surface area contributed by atoms with Crippen molar-refractivity contribution in [2.24, 2.45) is 0 Å². The number of benzene rings is 1. The van der Waals surface area contributed by atoms with E-state index in [4.69, 9.17) is 15.6 Å². The molecule has 3 nitrogen and oxygen atoms in total. The lowest BCUT2D eigenvalue weighted by Gasteiger charge is -2.01. The number of nitrogen functional groups attached to an aromatic ring is 1. The highest BCUT2D eigenvalue weighted by atomic mass is 16.5. The Morgan fingerprint density at radius 1 is 1.55 bits per heavy atom. The van der Waals surface area contributed by atoms with E-state index in [1.807, 2.05) is 6.07 Å². The summed E-state index contributed by atoms with van der Waals surface area (Å²) in [5, 5.41) is 9.15. The van der Waals surface area contributed by atoms with Crippen molar-refractivity contribution in [3.8, 4) is 5.75 Å². The highest BCUT2D eigenvalue weighted by Crippen LogP contribution is 2.20. The van der Waals surface area contributed by atoms with Gasteiger partial charge in [0.25, 0.3) is 0 Å². The van der Waals surface area contributed by atoms with Crippen LogP contribution in [0, 0.1) is 0 Å². The predicted molar refractivity (Wildman–Crippen MR) is 43.2 cm³/mol. The highest BCUT2D eigenvalue weighted by Gasteiger charge is 1.97. The summed E-state index contributed by atoms with van der Waals surface area (Å²) in [6.07, 6.45) is 0. The van der Waals surface area contributed by atoms with Crippen LogP contribution in [0.5, 0.6) is 5.75 Å². The Kier molecular flexibility index (Phi) is 2.33. The second-order valence-electron chi connectivity index (χ2n) is 2.33. The number of nitrogens with two attached hydrogens (primary N) is 1. The van der Waals surface area contributed by atoms with Gasteiger partial charge in [-0.25, -0.2) is 0 Å². The predicted octanol–water partition coefficient (Wildman–Crippen LogP) is 1.12. The fraction of sp³-hybridized carbons (Fsp3) is 0.250. The summed E-state index contributed by atoms with van der Waals surface area (Å²) in [5.41, 5.74) is 6.70. The van der Waals surface area contributed by atoms with E-state index in [0.29, 0.717) is 12.3 Å². The van der Waals surface area contributed by atoms with Crippen molar-refractivity contribution < 1.29 is 9.84 Å². The molecule has 0 aliphatic carbocycles. The van der Waals surface area contributed by atoms with E-state index in [2.05, 4.69) is 0 Å². The van der Waals surface area contributed by atoms with Gasteiger partial charge in [0, 0.05) is 7.11 Å². The number of ether oxygens (including phenoxy) is 1. The largest absolute Gasteiger partial charge is 0.506 e. The number of phenols is 1. The number of rotatable bonds is 2. The lowest BCUT2D eigenvalue weighted by atomic mass is 10.2. The zero-order valence-electron chi connectivity index (χ0n) is 6.37. The smallest absolute Gasteiger partial charge is 0.138 e. The lowest BCUT2D eigenvalue weighted by molar-refractivity contribution is 0.184. The second kappa shape index (κ2) is 3.25. The summed E-state index contributed by atoms with van der Waals surface area (Å²) < 4.78 is 4.87. The first-order valence-electron chi connectivity index (χ1n) is 3.30. The van der Waals surface area contributed by atoms with Gasteiger partial charge < -0.3 is 15.6 Å². The van der Waals surface area contributed by atoms with E-state index in [1.165, 1.54) is 0 Å². The van der Waals surface area contributed by atoms with E-state index in [0.717, 1.165) is 5.56 Å². The van der Waals surface area contributed by atoms with Crippen LogP contribution in [-0.4, -0.2) is 12.2 Å². The lowest BCUT2D eigenvalue weighted by Crippen LogP contribution is -1.90. The van der Waals surface area contributed by atoms with Crippen molar-refractivity contribution in [2.45, 2.75) is 6.61 Å². The van der Waals surface area contributed by atoms with Crippen LogP contribution in [-0.2, 0) is 11.3 Å². The van der Waals surface area contributed by atoms with Crippen molar-refractivity contribution in [2.75, 3.05) is 12.8 Å². The Bertz CT molecular complexity index is 248. The van der Waals surface area contributed by atoms with E-state index in [1.54, 1.807) is 19.2 Å². The molecule has 1 aromatic rings. The Hall–Kier alpha value is -1.22. The number of hydrogen-bond acceptors (Lipinski definition) is 3. The first kappa shape index (κ1) is 7.88. The van der Waals surface area contributed by atoms with Crippen LogP contribution in [0.4, 0.5) is 5.69 Å². The van der Waals surface area contributed by atoms with Gasteiger partial charge in [0.1, 0.15) is 5.75 Å². The SMILES string of the molecule is COCc1ccc(N)c(O)c1. The summed E-state index contributed by atoms with van der Waals surface area (Å²) in [7, 11) is 1.60. The fourth-order valence-electron chi connectivity index (χ4n) is 0.846. The third-order valence-corrected chi connectivity index (χ3v) is 1.41. The van der Waals surface area contributed by atoms with Crippen LogP contribution in [0.2, 0.25) is 0 Å². The standard InChI is InChI=1S/C8H11NO2/c1-11-5-6-2-3-7(9)8(10)4-6/h2-4,10H,5,9H2,1H3. The van der Waals surface area contributed by atoms with Crippen molar-refractivity contribution in [1.29, 1.82) is 0 Å². The molecule has 0 unspecified atom stereocenters. The van der Waals surface area contributed by atoms with Crippen molar-refractivity contribution in [1.82, 2.24) is 0 Å². The van der Waals surface area contributed by atoms with Crippen LogP contribution in [0.1, 0.15) is 5.56 Å². The van der Waals surface area contributed by atoms with Crippen LogP contribution in [0.15, 0.2) is 18.2 Å². The normalized spacial score (nSPS) is 9.91. The molecule has 0 heterocycles. The molecule has 0 saturated carbocycles. The van der Waals surface area contributed by atoms with Crippen LogP contribution in [0.3, 0.4) is 0 Å². The summed E-state index contributed by atoms with van der Waals surface area (Å²) in [5.74, 6) is 0.111. The number of hydrogen-bond donors (Lipinski definition) is 2. The molecule has 0 atom stereocenters. The van der Waals surface area contributed by atoms with Gasteiger partial charge in [-0.15, -0.1) is 0 Å². The van der Waals surface area contributed by atoms with Crippen LogP contribution in [0.25, 0.3) is 0 Å². The molecule has 3 heteroatoms. The molecule has 0 aliphatic rings. The summed E-state index contributed by atoms with van der Waals surface area (Å²) in [6.45, 7) is 0.494. The minimum Gasteiger partial charge on any atom is -0.506 e. The fourth-order valence-corrected chi connectivity index (χ4v) is 0.846. The van der Waals surface area contributed by atoms with Gasteiger partial charge in [-0.1, -0.05) is 6.07 Å². The maximum Gasteiger partial charge on any atom is 0.138 e. The average molecular weight is 153 g/mol. The summed E-state index contributed by atoms with van der Waals surface area (Å²) in [6, 6.07) is 5.07. The average Bonchev–Trinajstić information content (AvgIpc) is 1.98. The van der Waals surface area contributed by atoms with Crippen LogP contribution < -0.4 is 5.73 Å². The zero-order valence-corrected chi connectivity index (χ0v) is 6.37. The molecule has 0 aromatic heterocycles. The molecule has 0 aliphatic heterocycles. The molecule has 0 spiro atoms. The molecule has 11 heavy (non-hydrogen) atoms.